The fraction of sp³-hybridized carbons (Fsp3) is 0.875. The van der Waals surface area contributed by atoms with Gasteiger partial charge in [-0.3, -0.25) is 4.79 Å². The molecule has 1 amide bonds. The van der Waals surface area contributed by atoms with Crippen LogP contribution in [0, 0.1) is 5.92 Å². The van der Waals surface area contributed by atoms with Crippen molar-refractivity contribution >= 4 is 20.2 Å². The van der Waals surface area contributed by atoms with Crippen molar-refractivity contribution in [2.45, 2.75) is 77.7 Å². The van der Waals surface area contributed by atoms with Crippen LogP contribution in [0.2, 0.25) is 18.1 Å². The lowest BCUT2D eigenvalue weighted by Crippen LogP contribution is -2.47. The summed E-state index contributed by atoms with van der Waals surface area (Å²) < 4.78 is 5.94. The highest BCUT2D eigenvalue weighted by Gasteiger charge is 2.37. The van der Waals surface area contributed by atoms with Crippen molar-refractivity contribution in [2.75, 3.05) is 6.61 Å². The summed E-state index contributed by atoms with van der Waals surface area (Å²) in [5.74, 6) is -1.60. The number of carboxylic acids is 1. The third-order valence-corrected chi connectivity index (χ3v) is 8.83. The lowest BCUT2D eigenvalue weighted by atomic mass is 10.1. The summed E-state index contributed by atoms with van der Waals surface area (Å²) in [6.07, 6.45) is -0.696. The Hall–Kier alpha value is -0.923. The van der Waals surface area contributed by atoms with Crippen molar-refractivity contribution in [1.82, 2.24) is 5.32 Å². The predicted molar refractivity (Wildman–Crippen MR) is 92.8 cm³/mol. The smallest absolute Gasteiger partial charge is 0.326 e. The molecule has 0 saturated carbocycles. The molecule has 0 rings (SSSR count). The van der Waals surface area contributed by atoms with E-state index in [0.717, 1.165) is 0 Å². The SMILES string of the molecule is CC(C)C[C@H](O)C(=O)N[C@@H](CCO[Si](C)(C)C(C)(C)C)C(=O)O. The maximum Gasteiger partial charge on any atom is 0.326 e. The van der Waals surface area contributed by atoms with Crippen molar-refractivity contribution in [1.29, 1.82) is 0 Å². The average Bonchev–Trinajstić information content (AvgIpc) is 2.34. The highest BCUT2D eigenvalue weighted by molar-refractivity contribution is 6.74. The molecule has 136 valence electrons. The second kappa shape index (κ2) is 8.80. The van der Waals surface area contributed by atoms with E-state index in [2.05, 4.69) is 39.2 Å². The number of hydrogen-bond donors (Lipinski definition) is 3. The fourth-order valence-corrected chi connectivity index (χ4v) is 2.79. The van der Waals surface area contributed by atoms with Crippen molar-refractivity contribution in [3.8, 4) is 0 Å². The first-order valence-electron chi connectivity index (χ1n) is 8.13. The first kappa shape index (κ1) is 22.1. The molecule has 0 aliphatic rings. The van der Waals surface area contributed by atoms with Crippen molar-refractivity contribution in [3.05, 3.63) is 0 Å². The molecule has 6 nitrogen and oxygen atoms in total. The van der Waals surface area contributed by atoms with Gasteiger partial charge in [-0.2, -0.15) is 0 Å². The monoisotopic (exact) mass is 347 g/mol. The van der Waals surface area contributed by atoms with E-state index in [-0.39, 0.29) is 24.0 Å². The molecule has 0 unspecified atom stereocenters. The Balaban J connectivity index is 4.55. The van der Waals surface area contributed by atoms with Crippen LogP contribution in [0.15, 0.2) is 0 Å². The summed E-state index contributed by atoms with van der Waals surface area (Å²) in [5.41, 5.74) is 0. The molecular formula is C16H33NO5Si. The van der Waals surface area contributed by atoms with E-state index < -0.39 is 32.3 Å². The van der Waals surface area contributed by atoms with Gasteiger partial charge < -0.3 is 20.0 Å². The molecule has 0 fully saturated rings. The van der Waals surface area contributed by atoms with Gasteiger partial charge in [0, 0.05) is 13.0 Å². The van der Waals surface area contributed by atoms with Gasteiger partial charge in [0.2, 0.25) is 5.91 Å². The minimum absolute atomic E-state index is 0.0441. The van der Waals surface area contributed by atoms with Crippen LogP contribution in [0.1, 0.15) is 47.5 Å². The minimum Gasteiger partial charge on any atom is -0.480 e. The molecule has 0 heterocycles. The van der Waals surface area contributed by atoms with E-state index >= 15 is 0 Å². The van der Waals surface area contributed by atoms with Gasteiger partial charge >= 0.3 is 5.97 Å². The quantitative estimate of drug-likeness (QED) is 0.557. The Kier molecular flexibility index (Phi) is 8.44. The number of aliphatic hydroxyl groups excluding tert-OH is 1. The van der Waals surface area contributed by atoms with Gasteiger partial charge in [-0.05, 0) is 30.5 Å². The van der Waals surface area contributed by atoms with Gasteiger partial charge in [0.25, 0.3) is 0 Å². The van der Waals surface area contributed by atoms with Gasteiger partial charge in [-0.15, -0.1) is 0 Å². The van der Waals surface area contributed by atoms with Crippen LogP contribution in [-0.2, 0) is 14.0 Å². The number of carbonyl (C=O) groups excluding carboxylic acids is 1. The van der Waals surface area contributed by atoms with Gasteiger partial charge in [0.1, 0.15) is 12.1 Å². The van der Waals surface area contributed by atoms with Crippen LogP contribution in [-0.4, -0.2) is 49.2 Å². The topological polar surface area (TPSA) is 95.9 Å². The Morgan fingerprint density at radius 3 is 2.13 bits per heavy atom. The zero-order chi connectivity index (χ0) is 18.4. The molecule has 7 heteroatoms. The molecule has 0 aliphatic heterocycles. The molecule has 0 bridgehead atoms. The number of rotatable bonds is 9. The van der Waals surface area contributed by atoms with Crippen LogP contribution in [0.5, 0.6) is 0 Å². The first-order chi connectivity index (χ1) is 10.3. The zero-order valence-electron chi connectivity index (χ0n) is 15.5. The molecule has 0 saturated heterocycles. The third-order valence-electron chi connectivity index (χ3n) is 4.29. The number of hydrogen-bond acceptors (Lipinski definition) is 4. The molecule has 3 N–H and O–H groups in total. The van der Waals surface area contributed by atoms with E-state index in [1.54, 1.807) is 0 Å². The largest absolute Gasteiger partial charge is 0.480 e. The number of amides is 1. The Labute approximate surface area is 140 Å². The lowest BCUT2D eigenvalue weighted by Gasteiger charge is -2.36. The number of carbonyl (C=O) groups is 2. The Morgan fingerprint density at radius 1 is 1.22 bits per heavy atom. The van der Waals surface area contributed by atoms with Gasteiger partial charge in [0.05, 0.1) is 0 Å². The fourth-order valence-electron chi connectivity index (χ4n) is 1.73. The molecular weight excluding hydrogens is 314 g/mol. The standard InChI is InChI=1S/C16H33NO5Si/c1-11(2)10-13(18)14(19)17-12(15(20)21)8-9-22-23(6,7)16(3,4)5/h11-13,18H,8-10H2,1-7H3,(H,17,19)(H,20,21)/t12-,13-/m0/s1. The summed E-state index contributed by atoms with van der Waals surface area (Å²) in [7, 11) is -1.95. The minimum atomic E-state index is -1.95. The predicted octanol–water partition coefficient (Wildman–Crippen LogP) is 2.37. The highest BCUT2D eigenvalue weighted by Crippen LogP contribution is 2.36. The van der Waals surface area contributed by atoms with Crippen molar-refractivity contribution in [3.63, 3.8) is 0 Å². The second-order valence-electron chi connectivity index (χ2n) is 7.94. The van der Waals surface area contributed by atoms with Crippen LogP contribution in [0.4, 0.5) is 0 Å². The first-order valence-corrected chi connectivity index (χ1v) is 11.0. The molecule has 0 aromatic heterocycles. The lowest BCUT2D eigenvalue weighted by molar-refractivity contribution is -0.144. The number of aliphatic carboxylic acids is 1. The van der Waals surface area contributed by atoms with Crippen LogP contribution < -0.4 is 5.32 Å². The number of aliphatic hydroxyl groups is 1. The number of nitrogens with one attached hydrogen (secondary N) is 1. The molecule has 0 aliphatic carbocycles. The molecule has 2 atom stereocenters. The van der Waals surface area contributed by atoms with Gasteiger partial charge in [-0.1, -0.05) is 34.6 Å². The Bertz CT molecular complexity index is 404. The number of carboxylic acid groups (broad SMARTS) is 1. The second-order valence-corrected chi connectivity index (χ2v) is 12.8. The molecule has 0 aromatic carbocycles. The van der Waals surface area contributed by atoms with Crippen molar-refractivity contribution < 1.29 is 24.2 Å². The molecule has 0 aromatic rings. The molecule has 0 spiro atoms. The van der Waals surface area contributed by atoms with Gasteiger partial charge in [-0.25, -0.2) is 4.79 Å². The van der Waals surface area contributed by atoms with E-state index in [9.17, 15) is 19.8 Å². The summed E-state index contributed by atoms with van der Waals surface area (Å²) in [6.45, 7) is 14.6. The van der Waals surface area contributed by atoms with E-state index in [1.807, 2.05) is 13.8 Å². The maximum atomic E-state index is 11.9. The highest BCUT2D eigenvalue weighted by atomic mass is 28.4. The summed E-state index contributed by atoms with van der Waals surface area (Å²) in [4.78, 5) is 23.1. The van der Waals surface area contributed by atoms with Crippen molar-refractivity contribution in [2.24, 2.45) is 5.92 Å². The summed E-state index contributed by atoms with van der Waals surface area (Å²) in [5, 5.41) is 21.4. The average molecular weight is 348 g/mol. The summed E-state index contributed by atoms with van der Waals surface area (Å²) >= 11 is 0. The Morgan fingerprint density at radius 2 is 1.74 bits per heavy atom. The molecule has 23 heavy (non-hydrogen) atoms. The summed E-state index contributed by atoms with van der Waals surface area (Å²) in [6, 6.07) is -1.05. The third kappa shape index (κ3) is 7.94. The van der Waals surface area contributed by atoms with E-state index in [0.29, 0.717) is 6.42 Å². The normalized spacial score (nSPS) is 15.3. The van der Waals surface area contributed by atoms with Gasteiger partial charge in [0.15, 0.2) is 8.32 Å². The molecule has 0 radical (unpaired) electrons. The van der Waals surface area contributed by atoms with E-state index in [4.69, 9.17) is 4.43 Å². The zero-order valence-corrected chi connectivity index (χ0v) is 16.5. The van der Waals surface area contributed by atoms with E-state index in [1.165, 1.54) is 0 Å². The maximum absolute atomic E-state index is 11.9. The van der Waals surface area contributed by atoms with Crippen LogP contribution >= 0.6 is 0 Å². The van der Waals surface area contributed by atoms with Crippen LogP contribution in [0.3, 0.4) is 0 Å². The van der Waals surface area contributed by atoms with Crippen LogP contribution in [0.25, 0.3) is 0 Å².